The number of nitrogens with zero attached hydrogens (tertiary/aromatic N) is 2. The molecule has 1 spiro atoms. The number of aliphatic imine (C=N–C) groups is 2. The number of carbonyl (C=O) groups is 3. The van der Waals surface area contributed by atoms with Crippen LogP contribution < -0.4 is 21.1 Å². The van der Waals surface area contributed by atoms with Gasteiger partial charge in [-0.1, -0.05) is 18.2 Å². The summed E-state index contributed by atoms with van der Waals surface area (Å²) in [5.41, 5.74) is 7.23. The lowest BCUT2D eigenvalue weighted by Crippen LogP contribution is -2.24. The van der Waals surface area contributed by atoms with Gasteiger partial charge >= 0.3 is 11.9 Å². The second-order valence-corrected chi connectivity index (χ2v) is 9.49. The highest BCUT2D eigenvalue weighted by Gasteiger charge is 2.49. The fraction of sp³-hybridized carbons (Fsp3) is 0.227. The van der Waals surface area contributed by atoms with Gasteiger partial charge in [0.25, 0.3) is 0 Å². The van der Waals surface area contributed by atoms with Crippen molar-refractivity contribution in [2.24, 2.45) is 15.7 Å². The third-order valence-corrected chi connectivity index (χ3v) is 7.00. The summed E-state index contributed by atoms with van der Waals surface area (Å²) < 4.78 is 21.6. The Kier molecular flexibility index (Phi) is 6.51. The molecule has 1 unspecified atom stereocenters. The molecule has 0 bridgehead atoms. The predicted molar refractivity (Wildman–Crippen MR) is 128 cm³/mol. The predicted octanol–water partition coefficient (Wildman–Crippen LogP) is 1.99. The molecule has 2 aliphatic heterocycles. The van der Waals surface area contributed by atoms with Gasteiger partial charge in [0.05, 0.1) is 25.1 Å². The summed E-state index contributed by atoms with van der Waals surface area (Å²) in [7, 11) is -1.47. The van der Waals surface area contributed by atoms with Crippen molar-refractivity contribution >= 4 is 45.3 Å². The number of carbonyl (C=O) groups excluding carboxylic acids is 3. The van der Waals surface area contributed by atoms with Gasteiger partial charge in [-0.3, -0.25) is 4.79 Å². The van der Waals surface area contributed by atoms with E-state index in [0.29, 0.717) is 23.0 Å². The molecule has 35 heavy (non-hydrogen) atoms. The molecular formula is C22H23N5O7S. The second kappa shape index (κ2) is 9.54. The van der Waals surface area contributed by atoms with Crippen LogP contribution in [0.25, 0.3) is 5.70 Å². The quantitative estimate of drug-likeness (QED) is 0.305. The third-order valence-electron chi connectivity index (χ3n) is 4.92. The van der Waals surface area contributed by atoms with Crippen LogP contribution in [0.3, 0.4) is 0 Å². The summed E-state index contributed by atoms with van der Waals surface area (Å²) in [5.74, 6) is -1.16. The second-order valence-electron chi connectivity index (χ2n) is 7.44. The van der Waals surface area contributed by atoms with E-state index < -0.39 is 28.6 Å². The van der Waals surface area contributed by atoms with Crippen LogP contribution in [0.4, 0.5) is 0 Å². The number of nitrogens with one attached hydrogen (secondary N) is 2. The zero-order valence-corrected chi connectivity index (χ0v) is 19.9. The van der Waals surface area contributed by atoms with Gasteiger partial charge < -0.3 is 33.9 Å². The number of ether oxygens (including phenoxy) is 1. The van der Waals surface area contributed by atoms with E-state index in [-0.39, 0.29) is 23.6 Å². The molecule has 4 N–H and O–H groups in total. The van der Waals surface area contributed by atoms with Crippen LogP contribution in [0, 0.1) is 0 Å². The van der Waals surface area contributed by atoms with Crippen LogP contribution >= 0.6 is 10.6 Å². The lowest BCUT2D eigenvalue weighted by Gasteiger charge is -2.26. The number of methoxy groups -OCH3 is 1. The molecule has 0 saturated carbocycles. The molecule has 1 fully saturated rings. The number of furan rings is 1. The molecule has 2 aliphatic rings. The van der Waals surface area contributed by atoms with Gasteiger partial charge in [-0.15, -0.1) is 0 Å². The maximum atomic E-state index is 11.9. The van der Waals surface area contributed by atoms with Crippen LogP contribution in [0.5, 0.6) is 5.75 Å². The minimum absolute atomic E-state index is 0.0000114. The zero-order valence-electron chi connectivity index (χ0n) is 19.1. The smallest absolute Gasteiger partial charge is 0.442 e. The van der Waals surface area contributed by atoms with Crippen LogP contribution in [-0.2, 0) is 29.3 Å². The number of hydrogen-bond acceptors (Lipinski definition) is 8. The highest BCUT2D eigenvalue weighted by molar-refractivity contribution is 8.41. The lowest BCUT2D eigenvalue weighted by atomic mass is 10.1. The summed E-state index contributed by atoms with van der Waals surface area (Å²) in [6, 6.07) is 10.2. The van der Waals surface area contributed by atoms with Crippen molar-refractivity contribution in [3.8, 4) is 5.75 Å². The van der Waals surface area contributed by atoms with Crippen molar-refractivity contribution in [1.29, 1.82) is 0 Å². The number of guanidine groups is 1. The molecule has 0 aliphatic carbocycles. The van der Waals surface area contributed by atoms with Gasteiger partial charge in [0.2, 0.25) is 17.0 Å². The lowest BCUT2D eigenvalue weighted by molar-refractivity contribution is -0.150. The van der Waals surface area contributed by atoms with E-state index in [9.17, 15) is 14.4 Å². The average Bonchev–Trinajstić information content (AvgIpc) is 3.50. The maximum Gasteiger partial charge on any atom is 0.442 e. The Bertz CT molecular complexity index is 1270. The molecule has 1 saturated heterocycles. The van der Waals surface area contributed by atoms with Crippen LogP contribution in [-0.4, -0.2) is 36.1 Å². The normalized spacial score (nSPS) is 19.6. The largest absolute Gasteiger partial charge is 0.496 e. The number of amides is 1. The first-order chi connectivity index (χ1) is 16.7. The fourth-order valence-electron chi connectivity index (χ4n) is 3.32. The van der Waals surface area contributed by atoms with Crippen molar-refractivity contribution in [2.75, 3.05) is 7.11 Å². The van der Waals surface area contributed by atoms with Crippen molar-refractivity contribution in [2.45, 2.75) is 26.4 Å². The molecule has 1 aromatic carbocycles. The minimum Gasteiger partial charge on any atom is -0.496 e. The van der Waals surface area contributed by atoms with E-state index >= 15 is 0 Å². The summed E-state index contributed by atoms with van der Waals surface area (Å²) in [4.78, 5) is 43.5. The van der Waals surface area contributed by atoms with Crippen molar-refractivity contribution in [1.82, 2.24) is 10.6 Å². The zero-order chi connectivity index (χ0) is 25.2. The molecule has 1 amide bonds. The molecule has 4 rings (SSSR count). The molecule has 2 aromatic rings. The van der Waals surface area contributed by atoms with Gasteiger partial charge in [-0.2, -0.15) is 4.99 Å². The van der Waals surface area contributed by atoms with E-state index in [1.807, 2.05) is 25.1 Å². The number of para-hydroxylation sites is 1. The molecular weight excluding hydrogens is 478 g/mol. The fourth-order valence-corrected chi connectivity index (χ4v) is 5.26. The SMILES string of the molecule is COc1ccccc1C(C)N=C(N)/N=C1\NC(c2ccc(CNC(C)=O)o2)=CS12OC(=O)C(=O)O2. The molecule has 13 heteroatoms. The van der Waals surface area contributed by atoms with Gasteiger partial charge in [-0.25, -0.2) is 14.6 Å². The molecule has 12 nitrogen and oxygen atoms in total. The van der Waals surface area contributed by atoms with Gasteiger partial charge in [-0.05, 0) is 35.7 Å². The molecule has 1 atom stereocenters. The Morgan fingerprint density at radius 2 is 1.91 bits per heavy atom. The van der Waals surface area contributed by atoms with E-state index in [1.54, 1.807) is 25.3 Å². The Balaban J connectivity index is 1.63. The summed E-state index contributed by atoms with van der Waals surface area (Å²) in [6.45, 7) is 3.39. The van der Waals surface area contributed by atoms with Gasteiger partial charge in [0, 0.05) is 12.5 Å². The van der Waals surface area contributed by atoms with Crippen LogP contribution in [0.1, 0.15) is 37.0 Å². The first kappa shape index (κ1) is 23.9. The number of nitrogens with two attached hydrogens (primary N) is 1. The summed E-state index contributed by atoms with van der Waals surface area (Å²) in [6.07, 6.45) is 0. The summed E-state index contributed by atoms with van der Waals surface area (Å²) >= 11 is 0. The first-order valence-corrected chi connectivity index (χ1v) is 11.9. The molecule has 0 radical (unpaired) electrons. The standard InChI is InChI=1S/C22H23N5O7S/c1-12(15-6-4-5-7-17(15)31-3)25-21(23)27-22-26-16(11-35(22)33-19(29)20(30)34-35)18-9-8-14(32-18)10-24-13(2)28/h4-9,11-12H,10H2,1-3H3,(H,24,28)(H3,23,25,26,27). The highest BCUT2D eigenvalue weighted by atomic mass is 32.3. The van der Waals surface area contributed by atoms with E-state index in [0.717, 1.165) is 5.56 Å². The van der Waals surface area contributed by atoms with E-state index in [4.69, 9.17) is 23.3 Å². The highest BCUT2D eigenvalue weighted by Crippen LogP contribution is 2.60. The van der Waals surface area contributed by atoms with Crippen LogP contribution in [0.2, 0.25) is 0 Å². The Labute approximate surface area is 201 Å². The van der Waals surface area contributed by atoms with Crippen LogP contribution in [0.15, 0.2) is 56.2 Å². The Morgan fingerprint density at radius 3 is 2.60 bits per heavy atom. The number of rotatable bonds is 6. The average molecular weight is 502 g/mol. The Morgan fingerprint density at radius 1 is 1.20 bits per heavy atom. The summed E-state index contributed by atoms with van der Waals surface area (Å²) in [5, 5.41) is 7.01. The maximum absolute atomic E-state index is 11.9. The Hall–Kier alpha value is -4.26. The van der Waals surface area contributed by atoms with Crippen molar-refractivity contribution in [3.05, 3.63) is 58.9 Å². The molecule has 3 heterocycles. The number of benzene rings is 1. The minimum atomic E-state index is -3.02. The monoisotopic (exact) mass is 501 g/mol. The van der Waals surface area contributed by atoms with Crippen molar-refractivity contribution < 1.29 is 31.9 Å². The first-order valence-electron chi connectivity index (χ1n) is 10.4. The van der Waals surface area contributed by atoms with Gasteiger partial charge in [0.1, 0.15) is 17.2 Å². The molecule has 184 valence electrons. The van der Waals surface area contributed by atoms with E-state index in [2.05, 4.69) is 20.6 Å². The topological polar surface area (TPSA) is 167 Å². The number of hydrogen-bond donors (Lipinski definition) is 3. The number of amidine groups is 1. The van der Waals surface area contributed by atoms with Gasteiger partial charge in [0.15, 0.2) is 5.76 Å². The van der Waals surface area contributed by atoms with Crippen molar-refractivity contribution in [3.63, 3.8) is 0 Å². The molecule has 1 aromatic heterocycles. The third kappa shape index (κ3) is 4.99. The van der Waals surface area contributed by atoms with E-state index in [1.165, 1.54) is 12.3 Å².